The molecule has 12 N–H and O–H groups in total. The second-order valence-electron chi connectivity index (χ2n) is 11.7. The lowest BCUT2D eigenvalue weighted by atomic mass is 10.0. The average molecular weight is 674 g/mol. The van der Waals surface area contributed by atoms with Gasteiger partial charge in [-0.25, -0.2) is 4.79 Å². The lowest BCUT2D eigenvalue weighted by molar-refractivity contribution is -0.147. The van der Waals surface area contributed by atoms with E-state index in [0.29, 0.717) is 0 Å². The number of nitrogens with one attached hydrogen (secondary N) is 5. The molecule has 0 unspecified atom stereocenters. The summed E-state index contributed by atoms with van der Waals surface area (Å²) in [6.45, 7) is 7.96. The van der Waals surface area contributed by atoms with Gasteiger partial charge in [0.1, 0.15) is 30.2 Å². The van der Waals surface area contributed by atoms with E-state index in [2.05, 4.69) is 26.6 Å². The highest BCUT2D eigenvalue weighted by atomic mass is 16.4. The summed E-state index contributed by atoms with van der Waals surface area (Å²) < 4.78 is 0. The number of carbonyl (C=O) groups excluding carboxylic acids is 6. The molecule has 0 saturated heterocycles. The zero-order chi connectivity index (χ0) is 36.6. The van der Waals surface area contributed by atoms with Gasteiger partial charge >= 0.3 is 17.9 Å². The van der Waals surface area contributed by atoms with Gasteiger partial charge in [-0.2, -0.15) is 0 Å². The maximum absolute atomic E-state index is 13.2. The van der Waals surface area contributed by atoms with Crippen LogP contribution in [0.15, 0.2) is 0 Å². The van der Waals surface area contributed by atoms with Gasteiger partial charge in [-0.3, -0.25) is 38.4 Å². The van der Waals surface area contributed by atoms with E-state index in [4.69, 9.17) is 21.7 Å². The van der Waals surface area contributed by atoms with E-state index in [-0.39, 0.29) is 31.1 Å². The standard InChI is InChI=1S/C28H47N7O12/c1-12(2)10-17(26(44)35-18(28(46)47)11-21(39)40)34-23(41)14(5)31-24(42)16(7-9-20(37)38)32-25(43)15(6-8-19(29)36)33-27(45)22(30)13(3)4/h12-18,22H,6-11,30H2,1-5H3,(H2,29,36)(H,31,42)(H,32,43)(H,33,45)(H,34,41)(H,35,44)(H,37,38)(H,39,40)(H,46,47)/t14-,15-,16-,17-,18-,22-/m0/s1. The van der Waals surface area contributed by atoms with Crippen molar-refractivity contribution in [1.29, 1.82) is 0 Å². The number of carboxylic acid groups (broad SMARTS) is 3. The van der Waals surface area contributed by atoms with E-state index in [1.165, 1.54) is 6.92 Å². The summed E-state index contributed by atoms with van der Waals surface area (Å²) in [5.74, 6) is -10.3. The fourth-order valence-corrected chi connectivity index (χ4v) is 3.96. The third-order valence-corrected chi connectivity index (χ3v) is 6.70. The Balaban J connectivity index is 5.88. The first-order valence-corrected chi connectivity index (χ1v) is 14.9. The van der Waals surface area contributed by atoms with Crippen LogP contribution in [0.25, 0.3) is 0 Å². The van der Waals surface area contributed by atoms with Gasteiger partial charge in [0, 0.05) is 12.8 Å². The monoisotopic (exact) mass is 673 g/mol. The molecule has 0 saturated carbocycles. The van der Waals surface area contributed by atoms with Gasteiger partial charge in [-0.05, 0) is 38.0 Å². The van der Waals surface area contributed by atoms with Crippen LogP contribution in [-0.2, 0) is 43.2 Å². The summed E-state index contributed by atoms with van der Waals surface area (Å²) in [5, 5.41) is 38.8. The SMILES string of the molecule is CC(C)C[C@H](NC(=O)[C@H](C)NC(=O)[C@H](CCC(=O)O)NC(=O)[C@H](CCC(N)=O)NC(=O)[C@@H](N)C(C)C)C(=O)N[C@@H](CC(=O)O)C(=O)O. The molecule has 0 radical (unpaired) electrons. The van der Waals surface area contributed by atoms with E-state index >= 15 is 0 Å². The smallest absolute Gasteiger partial charge is 0.326 e. The molecule has 47 heavy (non-hydrogen) atoms. The Labute approximate surface area is 271 Å². The molecular formula is C28H47N7O12. The van der Waals surface area contributed by atoms with Crippen LogP contribution in [0.4, 0.5) is 0 Å². The number of nitrogens with two attached hydrogens (primary N) is 2. The van der Waals surface area contributed by atoms with Crippen molar-refractivity contribution in [2.24, 2.45) is 23.3 Å². The largest absolute Gasteiger partial charge is 0.481 e. The third kappa shape index (κ3) is 16.9. The second-order valence-corrected chi connectivity index (χ2v) is 11.7. The highest BCUT2D eigenvalue weighted by molar-refractivity contribution is 5.96. The van der Waals surface area contributed by atoms with Crippen LogP contribution >= 0.6 is 0 Å². The molecule has 0 bridgehead atoms. The molecule has 0 fully saturated rings. The summed E-state index contributed by atoms with van der Waals surface area (Å²) in [6, 6.07) is -8.42. The Morgan fingerprint density at radius 2 is 1.02 bits per heavy atom. The van der Waals surface area contributed by atoms with Crippen LogP contribution in [0.1, 0.15) is 73.1 Å². The zero-order valence-electron chi connectivity index (χ0n) is 27.0. The zero-order valence-corrected chi connectivity index (χ0v) is 27.0. The molecule has 19 heteroatoms. The molecule has 0 aromatic rings. The molecular weight excluding hydrogens is 626 g/mol. The van der Waals surface area contributed by atoms with Crippen LogP contribution < -0.4 is 38.1 Å². The van der Waals surface area contributed by atoms with Gasteiger partial charge in [0.05, 0.1) is 12.5 Å². The minimum Gasteiger partial charge on any atom is -0.481 e. The lowest BCUT2D eigenvalue weighted by Gasteiger charge is -2.26. The van der Waals surface area contributed by atoms with Gasteiger partial charge < -0.3 is 53.4 Å². The van der Waals surface area contributed by atoms with E-state index in [1.54, 1.807) is 27.7 Å². The normalized spacial score (nSPS) is 14.8. The van der Waals surface area contributed by atoms with Gasteiger partial charge in [0.25, 0.3) is 0 Å². The molecule has 0 aliphatic carbocycles. The van der Waals surface area contributed by atoms with Gasteiger partial charge in [-0.15, -0.1) is 0 Å². The Kier molecular flexibility index (Phi) is 18.3. The van der Waals surface area contributed by atoms with E-state index in [1.807, 2.05) is 0 Å². The Bertz CT molecular complexity index is 1180. The number of hydrogen-bond donors (Lipinski definition) is 10. The van der Waals surface area contributed by atoms with E-state index in [0.717, 1.165) is 0 Å². The Morgan fingerprint density at radius 3 is 1.47 bits per heavy atom. The highest BCUT2D eigenvalue weighted by Crippen LogP contribution is 2.08. The molecule has 0 aliphatic heterocycles. The number of hydrogen-bond acceptors (Lipinski definition) is 10. The van der Waals surface area contributed by atoms with Crippen molar-refractivity contribution in [3.63, 3.8) is 0 Å². The first-order chi connectivity index (χ1) is 21.7. The molecule has 0 aromatic carbocycles. The maximum atomic E-state index is 13.2. The Morgan fingerprint density at radius 1 is 0.574 bits per heavy atom. The van der Waals surface area contributed by atoms with Crippen molar-refractivity contribution in [2.75, 3.05) is 0 Å². The predicted octanol–water partition coefficient (Wildman–Crippen LogP) is -2.85. The molecule has 266 valence electrons. The van der Waals surface area contributed by atoms with E-state index < -0.39 is 109 Å². The molecule has 0 aromatic heterocycles. The second kappa shape index (κ2) is 20.3. The summed E-state index contributed by atoms with van der Waals surface area (Å²) in [6.07, 6.45) is -2.54. The van der Waals surface area contributed by atoms with Crippen molar-refractivity contribution < 1.29 is 58.5 Å². The topological polar surface area (TPSA) is 327 Å². The quantitative estimate of drug-likeness (QED) is 0.0554. The highest BCUT2D eigenvalue weighted by Gasteiger charge is 2.33. The summed E-state index contributed by atoms with van der Waals surface area (Å²) in [4.78, 5) is 110. The number of carbonyl (C=O) groups is 9. The molecule has 6 amide bonds. The fraction of sp³-hybridized carbons (Fsp3) is 0.679. The summed E-state index contributed by atoms with van der Waals surface area (Å²) in [5.41, 5.74) is 11.0. The summed E-state index contributed by atoms with van der Waals surface area (Å²) >= 11 is 0. The molecule has 0 aliphatic rings. The summed E-state index contributed by atoms with van der Waals surface area (Å²) in [7, 11) is 0. The minimum absolute atomic E-state index is 0.00776. The van der Waals surface area contributed by atoms with Gasteiger partial charge in [0.15, 0.2) is 0 Å². The van der Waals surface area contributed by atoms with Crippen LogP contribution in [-0.4, -0.2) is 105 Å². The van der Waals surface area contributed by atoms with Gasteiger partial charge in [-0.1, -0.05) is 27.7 Å². The Hall–Kier alpha value is -4.81. The number of primary amides is 1. The number of aliphatic carboxylic acids is 3. The predicted molar refractivity (Wildman–Crippen MR) is 163 cm³/mol. The van der Waals surface area contributed by atoms with Crippen LogP contribution in [0, 0.1) is 11.8 Å². The molecule has 0 heterocycles. The molecule has 0 rings (SSSR count). The first-order valence-electron chi connectivity index (χ1n) is 14.9. The lowest BCUT2D eigenvalue weighted by Crippen LogP contribution is -2.59. The van der Waals surface area contributed by atoms with Crippen molar-refractivity contribution >= 4 is 53.4 Å². The van der Waals surface area contributed by atoms with Crippen molar-refractivity contribution in [1.82, 2.24) is 26.6 Å². The van der Waals surface area contributed by atoms with Crippen molar-refractivity contribution in [3.05, 3.63) is 0 Å². The van der Waals surface area contributed by atoms with Crippen molar-refractivity contribution in [3.8, 4) is 0 Å². The third-order valence-electron chi connectivity index (χ3n) is 6.70. The molecule has 6 atom stereocenters. The van der Waals surface area contributed by atoms with Crippen LogP contribution in [0.2, 0.25) is 0 Å². The number of amides is 6. The average Bonchev–Trinajstić information content (AvgIpc) is 2.94. The number of rotatable bonds is 22. The van der Waals surface area contributed by atoms with E-state index in [9.17, 15) is 48.3 Å². The molecule has 19 nitrogen and oxygen atoms in total. The van der Waals surface area contributed by atoms with Crippen molar-refractivity contribution in [2.45, 2.75) is 109 Å². The fourth-order valence-electron chi connectivity index (χ4n) is 3.96. The maximum Gasteiger partial charge on any atom is 0.326 e. The number of carboxylic acids is 3. The molecule has 0 spiro atoms. The first kappa shape index (κ1) is 42.2. The van der Waals surface area contributed by atoms with Gasteiger partial charge in [0.2, 0.25) is 35.4 Å². The minimum atomic E-state index is -1.78. The van der Waals surface area contributed by atoms with Crippen LogP contribution in [0.3, 0.4) is 0 Å². The van der Waals surface area contributed by atoms with Crippen LogP contribution in [0.5, 0.6) is 0 Å².